The van der Waals surface area contributed by atoms with E-state index >= 15 is 0 Å². The summed E-state index contributed by atoms with van der Waals surface area (Å²) < 4.78 is 2.08. The molecule has 1 saturated heterocycles. The number of hydrogen-bond acceptors (Lipinski definition) is 3. The fraction of sp³-hybridized carbons (Fsp3) is 0.304. The molecule has 3 heterocycles. The Hall–Kier alpha value is -2.14. The van der Waals surface area contributed by atoms with Crippen molar-refractivity contribution in [1.82, 2.24) is 20.1 Å². The fourth-order valence-corrected chi connectivity index (χ4v) is 4.57. The zero-order chi connectivity index (χ0) is 18.9. The molecule has 1 aliphatic heterocycles. The third-order valence-electron chi connectivity index (χ3n) is 5.82. The minimum Gasteiger partial charge on any atom is -0.317 e. The van der Waals surface area contributed by atoms with Crippen molar-refractivity contribution in [3.05, 3.63) is 65.4 Å². The first-order chi connectivity index (χ1) is 13.8. The lowest BCUT2D eigenvalue weighted by Crippen LogP contribution is -2.28. The molecule has 0 bridgehead atoms. The molecular weight excluding hydrogens is 403 g/mol. The first kappa shape index (κ1) is 20.1. The summed E-state index contributed by atoms with van der Waals surface area (Å²) in [5.41, 5.74) is 4.03. The van der Waals surface area contributed by atoms with Gasteiger partial charge in [0.1, 0.15) is 5.52 Å². The number of nitrogens with zero attached hydrogens (tertiary/aromatic N) is 3. The third kappa shape index (κ3) is 3.85. The van der Waals surface area contributed by atoms with E-state index in [0.29, 0.717) is 5.15 Å². The minimum absolute atomic E-state index is 0. The monoisotopic (exact) mass is 426 g/mol. The molecule has 5 rings (SSSR count). The van der Waals surface area contributed by atoms with Gasteiger partial charge in [-0.3, -0.25) is 0 Å². The molecule has 6 heteroatoms. The van der Waals surface area contributed by atoms with Crippen LogP contribution in [0.2, 0.25) is 5.15 Å². The first-order valence-electron chi connectivity index (χ1n) is 10.0. The van der Waals surface area contributed by atoms with Gasteiger partial charge in [-0.05, 0) is 62.9 Å². The van der Waals surface area contributed by atoms with Crippen LogP contribution in [0.5, 0.6) is 0 Å². The van der Waals surface area contributed by atoms with Crippen molar-refractivity contribution in [2.24, 2.45) is 5.92 Å². The van der Waals surface area contributed by atoms with Crippen LogP contribution in [0.25, 0.3) is 27.5 Å². The highest BCUT2D eigenvalue weighted by Crippen LogP contribution is 2.34. The quantitative estimate of drug-likeness (QED) is 0.433. The van der Waals surface area contributed by atoms with Crippen LogP contribution in [0.15, 0.2) is 54.6 Å². The molecule has 0 atom stereocenters. The summed E-state index contributed by atoms with van der Waals surface area (Å²) in [6.07, 6.45) is 4.66. The van der Waals surface area contributed by atoms with Gasteiger partial charge in [0.15, 0.2) is 5.15 Å². The van der Waals surface area contributed by atoms with Crippen molar-refractivity contribution >= 4 is 45.8 Å². The Kier molecular flexibility index (Phi) is 6.04. The largest absolute Gasteiger partial charge is 0.317 e. The summed E-state index contributed by atoms with van der Waals surface area (Å²) in [6, 6.07) is 18.6. The SMILES string of the molecule is Cl.Clc1nc2ccccc2c2c(CCC3CCNCC3)n(-c3ccccc3)nc12. The number of aryl methyl sites for hydroxylation is 1. The first-order valence-corrected chi connectivity index (χ1v) is 10.4. The van der Waals surface area contributed by atoms with Gasteiger partial charge in [0.25, 0.3) is 0 Å². The Bertz CT molecular complexity index is 1120. The molecule has 0 aliphatic carbocycles. The number of hydrogen-bond donors (Lipinski definition) is 1. The van der Waals surface area contributed by atoms with E-state index in [2.05, 4.69) is 51.4 Å². The summed E-state index contributed by atoms with van der Waals surface area (Å²) in [6.45, 7) is 2.25. The van der Waals surface area contributed by atoms with E-state index < -0.39 is 0 Å². The lowest BCUT2D eigenvalue weighted by Gasteiger charge is -2.22. The van der Waals surface area contributed by atoms with Crippen molar-refractivity contribution in [2.45, 2.75) is 25.7 Å². The predicted octanol–water partition coefficient (Wildman–Crippen LogP) is 5.58. The molecule has 0 amide bonds. The van der Waals surface area contributed by atoms with E-state index in [1.54, 1.807) is 0 Å². The van der Waals surface area contributed by atoms with Gasteiger partial charge >= 0.3 is 0 Å². The molecule has 0 saturated carbocycles. The van der Waals surface area contributed by atoms with Crippen molar-refractivity contribution in [2.75, 3.05) is 13.1 Å². The van der Waals surface area contributed by atoms with Crippen LogP contribution in [0, 0.1) is 5.92 Å². The number of aromatic nitrogens is 3. The maximum Gasteiger partial charge on any atom is 0.157 e. The molecule has 150 valence electrons. The minimum atomic E-state index is 0. The second-order valence-electron chi connectivity index (χ2n) is 7.57. The van der Waals surface area contributed by atoms with Crippen molar-refractivity contribution < 1.29 is 0 Å². The number of fused-ring (bicyclic) bond motifs is 3. The number of pyridine rings is 1. The Morgan fingerprint density at radius 3 is 2.52 bits per heavy atom. The van der Waals surface area contributed by atoms with E-state index in [1.165, 1.54) is 25.0 Å². The lowest BCUT2D eigenvalue weighted by atomic mass is 9.92. The highest BCUT2D eigenvalue weighted by Gasteiger charge is 2.21. The number of para-hydroxylation sites is 2. The standard InChI is InChI=1S/C23H23ClN4.ClH/c24-23-22-21(18-8-4-5-9-19(18)26-23)20(11-10-16-12-14-25-15-13-16)28(27-22)17-6-2-1-3-7-17;/h1-9,16,25H,10-15H2;1H. The van der Waals surface area contributed by atoms with E-state index in [4.69, 9.17) is 16.7 Å². The van der Waals surface area contributed by atoms with Gasteiger partial charge in [-0.2, -0.15) is 5.10 Å². The van der Waals surface area contributed by atoms with E-state index in [1.807, 2.05) is 18.2 Å². The van der Waals surface area contributed by atoms with Gasteiger partial charge in [0, 0.05) is 10.8 Å². The van der Waals surface area contributed by atoms with Crippen LogP contribution in [-0.2, 0) is 6.42 Å². The van der Waals surface area contributed by atoms with Gasteiger partial charge in [-0.15, -0.1) is 12.4 Å². The Morgan fingerprint density at radius 1 is 1.00 bits per heavy atom. The molecule has 1 fully saturated rings. The summed E-state index contributed by atoms with van der Waals surface area (Å²) in [5.74, 6) is 0.763. The number of nitrogens with one attached hydrogen (secondary N) is 1. The Morgan fingerprint density at radius 2 is 1.72 bits per heavy atom. The molecule has 0 radical (unpaired) electrons. The smallest absolute Gasteiger partial charge is 0.157 e. The topological polar surface area (TPSA) is 42.7 Å². The zero-order valence-corrected chi connectivity index (χ0v) is 17.7. The molecule has 29 heavy (non-hydrogen) atoms. The molecule has 2 aromatic heterocycles. The van der Waals surface area contributed by atoms with Crippen LogP contribution in [0.4, 0.5) is 0 Å². The number of rotatable bonds is 4. The molecular formula is C23H24Cl2N4. The van der Waals surface area contributed by atoms with Gasteiger partial charge in [0.05, 0.1) is 16.9 Å². The summed E-state index contributed by atoms with van der Waals surface area (Å²) in [4.78, 5) is 4.58. The van der Waals surface area contributed by atoms with Gasteiger partial charge in [-0.25, -0.2) is 9.67 Å². The molecule has 4 aromatic rings. The average Bonchev–Trinajstić information content (AvgIpc) is 3.14. The molecule has 0 spiro atoms. The molecule has 1 N–H and O–H groups in total. The molecule has 2 aromatic carbocycles. The van der Waals surface area contributed by atoms with Crippen LogP contribution in [0.1, 0.15) is 25.0 Å². The number of halogens is 2. The van der Waals surface area contributed by atoms with Crippen molar-refractivity contribution in [3.8, 4) is 5.69 Å². The van der Waals surface area contributed by atoms with E-state index in [-0.39, 0.29) is 12.4 Å². The Balaban J connectivity index is 0.00000205. The molecule has 1 aliphatic rings. The van der Waals surface area contributed by atoms with Gasteiger partial charge < -0.3 is 5.32 Å². The van der Waals surface area contributed by atoms with Crippen LogP contribution in [0.3, 0.4) is 0 Å². The fourth-order valence-electron chi connectivity index (χ4n) is 4.35. The summed E-state index contributed by atoms with van der Waals surface area (Å²) in [5, 5.41) is 11.1. The van der Waals surface area contributed by atoms with Gasteiger partial charge in [-0.1, -0.05) is 48.0 Å². The third-order valence-corrected chi connectivity index (χ3v) is 6.08. The predicted molar refractivity (Wildman–Crippen MR) is 123 cm³/mol. The van der Waals surface area contributed by atoms with Crippen molar-refractivity contribution in [1.29, 1.82) is 0 Å². The molecule has 0 unspecified atom stereocenters. The van der Waals surface area contributed by atoms with Gasteiger partial charge in [0.2, 0.25) is 0 Å². The van der Waals surface area contributed by atoms with Crippen LogP contribution < -0.4 is 5.32 Å². The number of benzene rings is 2. The summed E-state index contributed by atoms with van der Waals surface area (Å²) >= 11 is 6.56. The van der Waals surface area contributed by atoms with Crippen LogP contribution in [-0.4, -0.2) is 27.9 Å². The second-order valence-corrected chi connectivity index (χ2v) is 7.93. The second kappa shape index (κ2) is 8.70. The normalized spacial score (nSPS) is 14.9. The highest BCUT2D eigenvalue weighted by atomic mass is 35.5. The Labute approximate surface area is 181 Å². The number of piperidine rings is 1. The highest BCUT2D eigenvalue weighted by molar-refractivity contribution is 6.35. The maximum absolute atomic E-state index is 6.56. The average molecular weight is 427 g/mol. The van der Waals surface area contributed by atoms with Crippen molar-refractivity contribution in [3.63, 3.8) is 0 Å². The zero-order valence-electron chi connectivity index (χ0n) is 16.1. The lowest BCUT2D eigenvalue weighted by molar-refractivity contribution is 0.353. The van der Waals surface area contributed by atoms with E-state index in [9.17, 15) is 0 Å². The maximum atomic E-state index is 6.56. The molecule has 4 nitrogen and oxygen atoms in total. The summed E-state index contributed by atoms with van der Waals surface area (Å²) in [7, 11) is 0. The van der Waals surface area contributed by atoms with Crippen LogP contribution >= 0.6 is 24.0 Å². The van der Waals surface area contributed by atoms with E-state index in [0.717, 1.165) is 52.9 Å².